The topological polar surface area (TPSA) is 89.0 Å². The summed E-state index contributed by atoms with van der Waals surface area (Å²) in [6.45, 7) is 5.65. The summed E-state index contributed by atoms with van der Waals surface area (Å²) in [6.07, 6.45) is 3.45. The fraction of sp³-hybridized carbons (Fsp3) is 0.389. The van der Waals surface area contributed by atoms with Gasteiger partial charge in [-0.05, 0) is 18.4 Å². The van der Waals surface area contributed by atoms with Crippen molar-refractivity contribution in [3.63, 3.8) is 0 Å². The van der Waals surface area contributed by atoms with Crippen molar-refractivity contribution in [1.29, 1.82) is 0 Å². The predicted octanol–water partition coefficient (Wildman–Crippen LogP) is 2.36. The first-order valence-electron chi connectivity index (χ1n) is 9.19. The van der Waals surface area contributed by atoms with Gasteiger partial charge in [-0.25, -0.2) is 9.97 Å². The molecule has 4 aromatic heterocycles. The second-order valence-electron chi connectivity index (χ2n) is 6.82. The molecule has 1 fully saturated rings. The number of thiophene rings is 1. The van der Waals surface area contributed by atoms with Crippen LogP contribution in [0.5, 0.6) is 0 Å². The van der Waals surface area contributed by atoms with Crippen molar-refractivity contribution in [2.45, 2.75) is 13.0 Å². The molecule has 0 spiro atoms. The Bertz CT molecular complexity index is 1080. The number of anilines is 1. The second-order valence-corrected chi connectivity index (χ2v) is 7.77. The summed E-state index contributed by atoms with van der Waals surface area (Å²) in [4.78, 5) is 14.5. The molecule has 28 heavy (non-hydrogen) atoms. The molecule has 0 aromatic carbocycles. The Labute approximate surface area is 165 Å². The molecule has 0 saturated carbocycles. The molecule has 144 valence electrons. The molecule has 1 unspecified atom stereocenters. The molecule has 0 aliphatic carbocycles. The zero-order valence-corrected chi connectivity index (χ0v) is 16.5. The van der Waals surface area contributed by atoms with Crippen molar-refractivity contribution in [3.8, 4) is 10.8 Å². The van der Waals surface area contributed by atoms with Gasteiger partial charge in [-0.1, -0.05) is 6.07 Å². The molecule has 10 heteroatoms. The van der Waals surface area contributed by atoms with Crippen LogP contribution in [0.25, 0.3) is 21.8 Å². The maximum Gasteiger partial charge on any atom is 0.257 e. The van der Waals surface area contributed by atoms with Crippen molar-refractivity contribution >= 4 is 28.2 Å². The first kappa shape index (κ1) is 17.3. The zero-order valence-electron chi connectivity index (χ0n) is 15.7. The molecule has 0 radical (unpaired) electrons. The SMILES string of the molecule is CC(c1nnc(-c2cccs2)o1)N1CCN(c2ncnc3c2cnn3C)CC1. The third-order valence-electron chi connectivity index (χ3n) is 5.20. The molecule has 1 aliphatic rings. The Morgan fingerprint density at radius 3 is 2.79 bits per heavy atom. The molecule has 0 amide bonds. The molecule has 1 atom stereocenters. The highest BCUT2D eigenvalue weighted by Crippen LogP contribution is 2.28. The molecule has 5 heterocycles. The summed E-state index contributed by atoms with van der Waals surface area (Å²) in [5, 5.41) is 15.8. The number of aromatic nitrogens is 6. The van der Waals surface area contributed by atoms with Gasteiger partial charge in [-0.3, -0.25) is 9.58 Å². The standard InChI is InChI=1S/C18H20N8OS/c1-12(17-22-23-18(27-17)14-4-3-9-28-14)25-5-7-26(8-6-25)16-13-10-21-24(2)15(13)19-11-20-16/h3-4,9-12H,5-8H2,1-2H3. The number of nitrogens with zero attached hydrogens (tertiary/aromatic N) is 8. The lowest BCUT2D eigenvalue weighted by molar-refractivity contribution is 0.173. The number of hydrogen-bond donors (Lipinski definition) is 0. The molecule has 4 aromatic rings. The smallest absolute Gasteiger partial charge is 0.257 e. The van der Waals surface area contributed by atoms with Gasteiger partial charge < -0.3 is 9.32 Å². The van der Waals surface area contributed by atoms with Crippen LogP contribution >= 0.6 is 11.3 Å². The van der Waals surface area contributed by atoms with E-state index in [0.29, 0.717) is 11.8 Å². The fourth-order valence-electron chi connectivity index (χ4n) is 3.58. The first-order chi connectivity index (χ1) is 13.7. The van der Waals surface area contributed by atoms with E-state index in [0.717, 1.165) is 47.9 Å². The van der Waals surface area contributed by atoms with Crippen LogP contribution < -0.4 is 4.90 Å². The summed E-state index contributed by atoms with van der Waals surface area (Å²) in [6, 6.07) is 4.05. The number of fused-ring (bicyclic) bond motifs is 1. The van der Waals surface area contributed by atoms with E-state index < -0.39 is 0 Å². The van der Waals surface area contributed by atoms with E-state index in [4.69, 9.17) is 4.42 Å². The molecule has 9 nitrogen and oxygen atoms in total. The number of aryl methyl sites for hydroxylation is 1. The third-order valence-corrected chi connectivity index (χ3v) is 6.06. The lowest BCUT2D eigenvalue weighted by Crippen LogP contribution is -2.47. The Morgan fingerprint density at radius 2 is 2.00 bits per heavy atom. The third kappa shape index (κ3) is 2.94. The fourth-order valence-corrected chi connectivity index (χ4v) is 4.23. The minimum absolute atomic E-state index is 0.0761. The predicted molar refractivity (Wildman–Crippen MR) is 106 cm³/mol. The van der Waals surface area contributed by atoms with Crippen LogP contribution in [0.1, 0.15) is 18.9 Å². The summed E-state index contributed by atoms with van der Waals surface area (Å²) < 4.78 is 7.69. The quantitative estimate of drug-likeness (QED) is 0.519. The first-order valence-corrected chi connectivity index (χ1v) is 10.1. The number of rotatable bonds is 4. The summed E-state index contributed by atoms with van der Waals surface area (Å²) in [5.74, 6) is 2.20. The van der Waals surface area contributed by atoms with Gasteiger partial charge in [-0.2, -0.15) is 5.10 Å². The maximum absolute atomic E-state index is 5.92. The van der Waals surface area contributed by atoms with Crippen LogP contribution in [0.3, 0.4) is 0 Å². The highest BCUT2D eigenvalue weighted by atomic mass is 32.1. The summed E-state index contributed by atoms with van der Waals surface area (Å²) in [5.41, 5.74) is 0.854. The van der Waals surface area contributed by atoms with Gasteiger partial charge in [0.15, 0.2) is 5.65 Å². The van der Waals surface area contributed by atoms with Gasteiger partial charge in [0.1, 0.15) is 12.1 Å². The molecular weight excluding hydrogens is 376 g/mol. The Hall–Kier alpha value is -2.85. The van der Waals surface area contributed by atoms with E-state index in [9.17, 15) is 0 Å². The highest BCUT2D eigenvalue weighted by Gasteiger charge is 2.27. The van der Waals surface area contributed by atoms with Crippen LogP contribution in [0.15, 0.2) is 34.5 Å². The van der Waals surface area contributed by atoms with E-state index in [1.54, 1.807) is 22.3 Å². The van der Waals surface area contributed by atoms with Crippen LogP contribution in [0.2, 0.25) is 0 Å². The van der Waals surface area contributed by atoms with Crippen LogP contribution in [-0.2, 0) is 7.05 Å². The van der Waals surface area contributed by atoms with Gasteiger partial charge >= 0.3 is 0 Å². The van der Waals surface area contributed by atoms with Gasteiger partial charge in [-0.15, -0.1) is 21.5 Å². The minimum Gasteiger partial charge on any atom is -0.418 e. The minimum atomic E-state index is 0.0761. The van der Waals surface area contributed by atoms with Gasteiger partial charge in [0.25, 0.3) is 5.89 Å². The molecular formula is C18H20N8OS. The number of hydrogen-bond acceptors (Lipinski definition) is 9. The van der Waals surface area contributed by atoms with E-state index in [1.165, 1.54) is 0 Å². The monoisotopic (exact) mass is 396 g/mol. The van der Waals surface area contributed by atoms with Gasteiger partial charge in [0.2, 0.25) is 5.89 Å². The lowest BCUT2D eigenvalue weighted by atomic mass is 10.2. The largest absolute Gasteiger partial charge is 0.418 e. The Kier molecular flexibility index (Phi) is 4.29. The van der Waals surface area contributed by atoms with Crippen molar-refractivity contribution < 1.29 is 4.42 Å². The molecule has 0 bridgehead atoms. The molecule has 5 rings (SSSR count). The van der Waals surface area contributed by atoms with Crippen molar-refractivity contribution in [3.05, 3.63) is 35.9 Å². The molecule has 1 aliphatic heterocycles. The lowest BCUT2D eigenvalue weighted by Gasteiger charge is -2.37. The number of piperazine rings is 1. The van der Waals surface area contributed by atoms with Crippen molar-refractivity contribution in [2.24, 2.45) is 7.05 Å². The normalized spacial score (nSPS) is 16.7. The highest BCUT2D eigenvalue weighted by molar-refractivity contribution is 7.13. The van der Waals surface area contributed by atoms with E-state index in [-0.39, 0.29) is 6.04 Å². The zero-order chi connectivity index (χ0) is 19.1. The van der Waals surface area contributed by atoms with Gasteiger partial charge in [0, 0.05) is 33.2 Å². The van der Waals surface area contributed by atoms with Crippen molar-refractivity contribution in [2.75, 3.05) is 31.1 Å². The van der Waals surface area contributed by atoms with E-state index in [1.807, 2.05) is 30.8 Å². The molecule has 0 N–H and O–H groups in total. The van der Waals surface area contributed by atoms with Crippen LogP contribution in [0.4, 0.5) is 5.82 Å². The Balaban J connectivity index is 1.29. The van der Waals surface area contributed by atoms with Crippen molar-refractivity contribution in [1.82, 2.24) is 34.8 Å². The summed E-state index contributed by atoms with van der Waals surface area (Å²) in [7, 11) is 1.90. The van der Waals surface area contributed by atoms with E-state index in [2.05, 4.69) is 42.0 Å². The van der Waals surface area contributed by atoms with E-state index >= 15 is 0 Å². The second kappa shape index (κ2) is 6.95. The summed E-state index contributed by atoms with van der Waals surface area (Å²) >= 11 is 1.60. The van der Waals surface area contributed by atoms with Crippen LogP contribution in [-0.4, -0.2) is 61.0 Å². The maximum atomic E-state index is 5.92. The van der Waals surface area contributed by atoms with Gasteiger partial charge in [0.05, 0.1) is 22.5 Å². The average molecular weight is 396 g/mol. The Morgan fingerprint density at radius 1 is 1.14 bits per heavy atom. The van der Waals surface area contributed by atoms with Crippen LogP contribution in [0, 0.1) is 0 Å². The average Bonchev–Trinajstić information content (AvgIpc) is 3.48. The molecule has 1 saturated heterocycles.